The van der Waals surface area contributed by atoms with E-state index in [2.05, 4.69) is 0 Å². The van der Waals surface area contributed by atoms with Crippen LogP contribution in [0.4, 0.5) is 5.69 Å². The van der Waals surface area contributed by atoms with Gasteiger partial charge in [0.2, 0.25) is 0 Å². The maximum Gasteiger partial charge on any atom is 0.340 e. The third-order valence-corrected chi connectivity index (χ3v) is 4.88. The maximum atomic E-state index is 13.4. The van der Waals surface area contributed by atoms with Crippen molar-refractivity contribution in [3.8, 4) is 17.2 Å². The first-order valence-electron chi connectivity index (χ1n) is 10.5. The summed E-state index contributed by atoms with van der Waals surface area (Å²) in [5.41, 5.74) is 2.12. The number of hydrogen-bond acceptors (Lipinski definition) is 6. The van der Waals surface area contributed by atoms with E-state index in [-0.39, 0.29) is 29.4 Å². The number of phenolic OH excluding ortho intramolecular Hbond substituents is 1. The molecule has 0 radical (unpaired) electrons. The summed E-state index contributed by atoms with van der Waals surface area (Å²) in [7, 11) is 0. The van der Waals surface area contributed by atoms with Crippen LogP contribution in [0.1, 0.15) is 33.3 Å². The van der Waals surface area contributed by atoms with Gasteiger partial charge in [0.15, 0.2) is 11.5 Å². The second-order valence-corrected chi connectivity index (χ2v) is 6.97. The molecular formula is C25H27NO6. The molecule has 0 fully saturated rings. The molecule has 7 heteroatoms. The fraction of sp³-hybridized carbons (Fsp3) is 0.280. The van der Waals surface area contributed by atoms with Gasteiger partial charge < -0.3 is 19.3 Å². The van der Waals surface area contributed by atoms with Crippen molar-refractivity contribution in [3.63, 3.8) is 0 Å². The van der Waals surface area contributed by atoms with E-state index >= 15 is 0 Å². The van der Waals surface area contributed by atoms with Gasteiger partial charge in [-0.15, -0.1) is 0 Å². The van der Waals surface area contributed by atoms with Crippen LogP contribution >= 0.6 is 0 Å². The van der Waals surface area contributed by atoms with Crippen molar-refractivity contribution in [2.75, 3.05) is 24.7 Å². The molecule has 0 saturated heterocycles. The standard InChI is InChI=1S/C25H27NO6/c1-5-30-19-11-9-18(10-12-19)26-16(4)23(25(29)32-7-3)20(24(26)28)14-17-8-13-21(27)22(15-17)31-6-2/h8-15,27H,5-7H2,1-4H3/b20-14-. The van der Waals surface area contributed by atoms with Gasteiger partial charge in [-0.25, -0.2) is 4.79 Å². The van der Waals surface area contributed by atoms with Crippen molar-refractivity contribution in [2.24, 2.45) is 0 Å². The summed E-state index contributed by atoms with van der Waals surface area (Å²) in [4.78, 5) is 27.7. The highest BCUT2D eigenvalue weighted by molar-refractivity contribution is 6.23. The molecular weight excluding hydrogens is 410 g/mol. The number of rotatable bonds is 8. The average Bonchev–Trinajstić information content (AvgIpc) is 3.01. The average molecular weight is 437 g/mol. The fourth-order valence-electron chi connectivity index (χ4n) is 3.51. The predicted molar refractivity (Wildman–Crippen MR) is 122 cm³/mol. The molecule has 0 saturated carbocycles. The maximum absolute atomic E-state index is 13.4. The lowest BCUT2D eigenvalue weighted by molar-refractivity contribution is -0.138. The van der Waals surface area contributed by atoms with Gasteiger partial charge in [-0.2, -0.15) is 0 Å². The Labute approximate surface area is 187 Å². The largest absolute Gasteiger partial charge is 0.504 e. The van der Waals surface area contributed by atoms with E-state index in [4.69, 9.17) is 14.2 Å². The van der Waals surface area contributed by atoms with Crippen LogP contribution in [0.2, 0.25) is 0 Å². The Hall–Kier alpha value is -3.74. The van der Waals surface area contributed by atoms with Crippen molar-refractivity contribution >= 4 is 23.6 Å². The summed E-state index contributed by atoms with van der Waals surface area (Å²) in [6, 6.07) is 11.9. The van der Waals surface area contributed by atoms with Gasteiger partial charge >= 0.3 is 5.97 Å². The number of nitrogens with zero attached hydrogens (tertiary/aromatic N) is 1. The van der Waals surface area contributed by atoms with Gasteiger partial charge in [0.05, 0.1) is 31.0 Å². The number of carbonyl (C=O) groups is 2. The number of esters is 1. The number of aromatic hydroxyl groups is 1. The van der Waals surface area contributed by atoms with Crippen molar-refractivity contribution in [1.82, 2.24) is 0 Å². The van der Waals surface area contributed by atoms with Crippen LogP contribution in [0, 0.1) is 0 Å². The van der Waals surface area contributed by atoms with Gasteiger partial charge in [-0.3, -0.25) is 9.69 Å². The molecule has 0 unspecified atom stereocenters. The molecule has 2 aromatic carbocycles. The van der Waals surface area contributed by atoms with Gasteiger partial charge in [-0.1, -0.05) is 6.07 Å². The van der Waals surface area contributed by atoms with Crippen LogP contribution in [0.15, 0.2) is 59.3 Å². The van der Waals surface area contributed by atoms with Crippen molar-refractivity contribution < 1.29 is 28.9 Å². The molecule has 1 aliphatic heterocycles. The normalized spacial score (nSPS) is 14.8. The minimum Gasteiger partial charge on any atom is -0.504 e. The minimum atomic E-state index is -0.568. The highest BCUT2D eigenvalue weighted by Crippen LogP contribution is 2.37. The molecule has 7 nitrogen and oxygen atoms in total. The smallest absolute Gasteiger partial charge is 0.340 e. The van der Waals surface area contributed by atoms with Crippen LogP contribution in [0.25, 0.3) is 6.08 Å². The van der Waals surface area contributed by atoms with E-state index in [1.807, 2.05) is 13.8 Å². The SMILES string of the molecule is CCOC(=O)C1=C(C)N(c2ccc(OCC)cc2)C(=O)/C1=C\c1ccc(O)c(OCC)c1. The second-order valence-electron chi connectivity index (χ2n) is 6.97. The number of anilines is 1. The lowest BCUT2D eigenvalue weighted by atomic mass is 10.0. The Balaban J connectivity index is 2.07. The Morgan fingerprint density at radius 3 is 2.31 bits per heavy atom. The van der Waals surface area contributed by atoms with Gasteiger partial charge in [0.1, 0.15) is 5.75 Å². The van der Waals surface area contributed by atoms with Crippen molar-refractivity contribution in [3.05, 3.63) is 64.9 Å². The van der Waals surface area contributed by atoms with Crippen LogP contribution in [0.5, 0.6) is 17.2 Å². The molecule has 1 amide bonds. The molecule has 0 aliphatic carbocycles. The summed E-state index contributed by atoms with van der Waals surface area (Å²) in [5.74, 6) is 0.0789. The number of allylic oxidation sites excluding steroid dienone is 1. The first kappa shape index (κ1) is 22.9. The summed E-state index contributed by atoms with van der Waals surface area (Å²) >= 11 is 0. The lowest BCUT2D eigenvalue weighted by Gasteiger charge is -2.18. The van der Waals surface area contributed by atoms with Gasteiger partial charge in [-0.05, 0) is 75.7 Å². The van der Waals surface area contributed by atoms with Crippen molar-refractivity contribution in [2.45, 2.75) is 27.7 Å². The molecule has 0 aromatic heterocycles. The van der Waals surface area contributed by atoms with E-state index in [9.17, 15) is 14.7 Å². The monoisotopic (exact) mass is 437 g/mol. The number of amides is 1. The number of carbonyl (C=O) groups excluding carboxylic acids is 2. The predicted octanol–water partition coefficient (Wildman–Crippen LogP) is 4.46. The van der Waals surface area contributed by atoms with Crippen molar-refractivity contribution in [1.29, 1.82) is 0 Å². The van der Waals surface area contributed by atoms with Crippen LogP contribution < -0.4 is 14.4 Å². The Kier molecular flexibility index (Phi) is 7.20. The molecule has 1 aliphatic rings. The van der Waals surface area contributed by atoms with Crippen LogP contribution in [0.3, 0.4) is 0 Å². The molecule has 0 bridgehead atoms. The molecule has 0 spiro atoms. The summed E-state index contributed by atoms with van der Waals surface area (Å²) < 4.78 is 16.1. The van der Waals surface area contributed by atoms with Crippen LogP contribution in [-0.4, -0.2) is 36.8 Å². The third kappa shape index (κ3) is 4.61. The highest BCUT2D eigenvalue weighted by atomic mass is 16.5. The molecule has 1 N–H and O–H groups in total. The molecule has 1 heterocycles. The van der Waals surface area contributed by atoms with E-state index in [0.717, 1.165) is 0 Å². The van der Waals surface area contributed by atoms with E-state index in [1.54, 1.807) is 56.3 Å². The topological polar surface area (TPSA) is 85.3 Å². The first-order valence-corrected chi connectivity index (χ1v) is 10.5. The first-order chi connectivity index (χ1) is 15.4. The quantitative estimate of drug-likeness (QED) is 0.485. The zero-order valence-electron chi connectivity index (χ0n) is 18.7. The summed E-state index contributed by atoms with van der Waals surface area (Å²) in [6.45, 7) is 8.24. The van der Waals surface area contributed by atoms with E-state index in [0.29, 0.717) is 41.7 Å². The van der Waals surface area contributed by atoms with Crippen LogP contribution in [-0.2, 0) is 14.3 Å². The number of hydrogen-bond donors (Lipinski definition) is 1. The summed E-state index contributed by atoms with van der Waals surface area (Å²) in [6.07, 6.45) is 1.61. The highest BCUT2D eigenvalue weighted by Gasteiger charge is 2.38. The second kappa shape index (κ2) is 10.0. The minimum absolute atomic E-state index is 0.0000942. The molecule has 32 heavy (non-hydrogen) atoms. The zero-order valence-corrected chi connectivity index (χ0v) is 18.7. The Morgan fingerprint density at radius 1 is 1.00 bits per heavy atom. The molecule has 0 atom stereocenters. The number of phenols is 1. The van der Waals surface area contributed by atoms with E-state index in [1.165, 1.54) is 11.0 Å². The molecule has 168 valence electrons. The third-order valence-electron chi connectivity index (χ3n) is 4.88. The number of ether oxygens (including phenoxy) is 3. The van der Waals surface area contributed by atoms with Gasteiger partial charge in [0.25, 0.3) is 5.91 Å². The molecule has 3 rings (SSSR count). The Morgan fingerprint density at radius 2 is 1.69 bits per heavy atom. The fourth-order valence-corrected chi connectivity index (χ4v) is 3.51. The van der Waals surface area contributed by atoms with E-state index < -0.39 is 5.97 Å². The summed E-state index contributed by atoms with van der Waals surface area (Å²) in [5, 5.41) is 9.97. The Bertz CT molecular complexity index is 1070. The zero-order chi connectivity index (χ0) is 23.3. The number of benzene rings is 2. The lowest BCUT2D eigenvalue weighted by Crippen LogP contribution is -2.24. The van der Waals surface area contributed by atoms with Gasteiger partial charge in [0, 0.05) is 11.4 Å². The molecule has 2 aromatic rings.